The van der Waals surface area contributed by atoms with Crippen molar-refractivity contribution in [2.24, 2.45) is 0 Å². The minimum Gasteiger partial charge on any atom is -0.493 e. The molecule has 5 nitrogen and oxygen atoms in total. The van der Waals surface area contributed by atoms with Gasteiger partial charge in [-0.1, -0.05) is 12.6 Å². The number of fused-ring (bicyclic) bond motifs is 3. The molecule has 142 valence electrons. The van der Waals surface area contributed by atoms with Crippen LogP contribution in [0, 0.1) is 0 Å². The van der Waals surface area contributed by atoms with Crippen LogP contribution < -0.4 is 14.3 Å². The number of carbonyl (C=O) groups excluding carboxylic acids is 1. The van der Waals surface area contributed by atoms with Crippen LogP contribution in [0.25, 0.3) is 21.8 Å². The second-order valence-electron chi connectivity index (χ2n) is 5.89. The van der Waals surface area contributed by atoms with Gasteiger partial charge in [-0.05, 0) is 64.8 Å². The maximum atomic E-state index is 12.3. The van der Waals surface area contributed by atoms with Crippen molar-refractivity contribution < 1.29 is 19.1 Å². The van der Waals surface area contributed by atoms with E-state index in [9.17, 15) is 4.79 Å². The van der Waals surface area contributed by atoms with Gasteiger partial charge in [-0.25, -0.2) is 4.79 Å². The molecule has 0 fully saturated rings. The Balaban J connectivity index is 2.42. The highest BCUT2D eigenvalue weighted by atomic mass is 79.9. The highest BCUT2D eigenvalue weighted by Crippen LogP contribution is 2.42. The summed E-state index contributed by atoms with van der Waals surface area (Å²) in [6, 6.07) is 7.68. The van der Waals surface area contributed by atoms with E-state index in [1.807, 2.05) is 38.1 Å². The molecule has 2 aromatic carbocycles. The molecular weight excluding hydrogens is 478 g/mol. The molecule has 0 radical (unpaired) electrons. The third-order valence-corrected chi connectivity index (χ3v) is 5.20. The number of aromatic nitrogens is 1. The van der Waals surface area contributed by atoms with Crippen molar-refractivity contribution in [2.45, 2.75) is 20.8 Å². The van der Waals surface area contributed by atoms with Crippen LogP contribution in [-0.4, -0.2) is 23.9 Å². The van der Waals surface area contributed by atoms with E-state index in [4.69, 9.17) is 14.3 Å². The zero-order chi connectivity index (χ0) is 19.7. The van der Waals surface area contributed by atoms with Crippen LogP contribution in [0.15, 0.2) is 45.4 Å². The molecule has 0 atom stereocenters. The summed E-state index contributed by atoms with van der Waals surface area (Å²) >= 11 is 7.08. The topological polar surface area (TPSA) is 49.7 Å². The predicted octanol–water partition coefficient (Wildman–Crippen LogP) is 5.65. The maximum Gasteiger partial charge on any atom is 0.358 e. The molecule has 0 amide bonds. The van der Waals surface area contributed by atoms with Crippen LogP contribution in [0.3, 0.4) is 0 Å². The lowest BCUT2D eigenvalue weighted by Crippen LogP contribution is -2.20. The Labute approximate surface area is 174 Å². The van der Waals surface area contributed by atoms with Gasteiger partial charge in [-0.15, -0.1) is 0 Å². The fraction of sp³-hybridized carbons (Fsp3) is 0.250. The van der Waals surface area contributed by atoms with Gasteiger partial charge in [0.2, 0.25) is 0 Å². The molecule has 0 aliphatic carbocycles. The van der Waals surface area contributed by atoms with E-state index in [1.54, 1.807) is 6.92 Å². The Hall–Kier alpha value is -1.99. The molecule has 0 N–H and O–H groups in total. The largest absolute Gasteiger partial charge is 0.493 e. The lowest BCUT2D eigenvalue weighted by Gasteiger charge is -2.12. The van der Waals surface area contributed by atoms with Gasteiger partial charge in [-0.2, -0.15) is 4.73 Å². The summed E-state index contributed by atoms with van der Waals surface area (Å²) in [5.74, 6) is 0.754. The lowest BCUT2D eigenvalue weighted by molar-refractivity contribution is -0.138. The molecule has 0 unspecified atom stereocenters. The first-order valence-electron chi connectivity index (χ1n) is 8.48. The number of hydrogen-bond acceptors (Lipinski definition) is 4. The van der Waals surface area contributed by atoms with E-state index in [0.29, 0.717) is 41.3 Å². The smallest absolute Gasteiger partial charge is 0.358 e. The first-order valence-corrected chi connectivity index (χ1v) is 10.1. The monoisotopic (exact) mass is 495 g/mol. The molecule has 7 heteroatoms. The fourth-order valence-corrected chi connectivity index (χ4v) is 3.71. The molecule has 0 saturated carbocycles. The van der Waals surface area contributed by atoms with Gasteiger partial charge in [0.1, 0.15) is 11.3 Å². The van der Waals surface area contributed by atoms with E-state index in [0.717, 1.165) is 19.7 Å². The van der Waals surface area contributed by atoms with Crippen molar-refractivity contribution in [3.05, 3.63) is 45.4 Å². The molecule has 3 aromatic rings. The first-order chi connectivity index (χ1) is 12.9. The third kappa shape index (κ3) is 3.58. The van der Waals surface area contributed by atoms with Crippen LogP contribution in [0.1, 0.15) is 20.8 Å². The van der Waals surface area contributed by atoms with Gasteiger partial charge in [0.05, 0.1) is 27.7 Å². The SMILES string of the molecule is C=C(C)C(=O)On1c2cc(OCC)c(Br)cc2c2ccc(Br)c(OCC)c21. The van der Waals surface area contributed by atoms with Gasteiger partial charge in [0.25, 0.3) is 0 Å². The summed E-state index contributed by atoms with van der Waals surface area (Å²) < 4.78 is 14.6. The fourth-order valence-electron chi connectivity index (χ4n) is 2.82. The zero-order valence-corrected chi connectivity index (χ0v) is 18.4. The Bertz CT molecular complexity index is 1060. The van der Waals surface area contributed by atoms with Crippen LogP contribution in [0.4, 0.5) is 0 Å². The summed E-state index contributed by atoms with van der Waals surface area (Å²) in [5, 5.41) is 1.80. The van der Waals surface area contributed by atoms with Crippen molar-refractivity contribution in [3.63, 3.8) is 0 Å². The highest BCUT2D eigenvalue weighted by molar-refractivity contribution is 9.11. The van der Waals surface area contributed by atoms with E-state index >= 15 is 0 Å². The Morgan fingerprint density at radius 2 is 1.78 bits per heavy atom. The summed E-state index contributed by atoms with van der Waals surface area (Å²) in [4.78, 5) is 18.0. The zero-order valence-electron chi connectivity index (χ0n) is 15.3. The lowest BCUT2D eigenvalue weighted by atomic mass is 10.1. The molecule has 0 bridgehead atoms. The maximum absolute atomic E-state index is 12.3. The summed E-state index contributed by atoms with van der Waals surface area (Å²) in [7, 11) is 0. The summed E-state index contributed by atoms with van der Waals surface area (Å²) in [6.07, 6.45) is 0. The van der Waals surface area contributed by atoms with Crippen molar-refractivity contribution in [3.8, 4) is 11.5 Å². The minimum atomic E-state index is -0.517. The van der Waals surface area contributed by atoms with Gasteiger partial charge in [0, 0.05) is 22.4 Å². The molecule has 1 heterocycles. The molecular formula is C20H19Br2NO4. The standard InChI is InChI=1S/C20H19Br2NO4/c1-5-25-17-10-16-13(9-15(17)22)12-7-8-14(21)19(26-6-2)18(12)23(16)27-20(24)11(3)4/h7-10H,3,5-6H2,1-2,4H3. The molecule has 27 heavy (non-hydrogen) atoms. The number of rotatable bonds is 6. The molecule has 0 saturated heterocycles. The second-order valence-corrected chi connectivity index (χ2v) is 7.60. The van der Waals surface area contributed by atoms with E-state index in [-0.39, 0.29) is 0 Å². The second kappa shape index (κ2) is 7.94. The number of nitrogens with zero attached hydrogens (tertiary/aromatic N) is 1. The summed E-state index contributed by atoms with van der Waals surface area (Å²) in [5.41, 5.74) is 1.67. The van der Waals surface area contributed by atoms with Gasteiger partial charge in [0.15, 0.2) is 5.75 Å². The number of benzene rings is 2. The Morgan fingerprint density at radius 1 is 1.07 bits per heavy atom. The third-order valence-electron chi connectivity index (χ3n) is 3.96. The van der Waals surface area contributed by atoms with Crippen molar-refractivity contribution >= 4 is 59.6 Å². The van der Waals surface area contributed by atoms with Crippen molar-refractivity contribution in [1.82, 2.24) is 4.73 Å². The number of halogens is 2. The van der Waals surface area contributed by atoms with Crippen LogP contribution >= 0.6 is 31.9 Å². The molecule has 3 rings (SSSR count). The van der Waals surface area contributed by atoms with Crippen LogP contribution in [0.5, 0.6) is 11.5 Å². The van der Waals surface area contributed by atoms with Crippen molar-refractivity contribution in [2.75, 3.05) is 13.2 Å². The van der Waals surface area contributed by atoms with Crippen LogP contribution in [-0.2, 0) is 4.79 Å². The highest BCUT2D eigenvalue weighted by Gasteiger charge is 2.22. The van der Waals surface area contributed by atoms with E-state index in [1.165, 1.54) is 4.73 Å². The quantitative estimate of drug-likeness (QED) is 0.414. The normalized spacial score (nSPS) is 11.0. The summed E-state index contributed by atoms with van der Waals surface area (Å²) in [6.45, 7) is 10.1. The van der Waals surface area contributed by atoms with Crippen LogP contribution in [0.2, 0.25) is 0 Å². The average molecular weight is 497 g/mol. The number of ether oxygens (including phenoxy) is 2. The van der Waals surface area contributed by atoms with Crippen molar-refractivity contribution in [1.29, 1.82) is 0 Å². The first kappa shape index (κ1) is 19.8. The molecule has 0 spiro atoms. The van der Waals surface area contributed by atoms with Gasteiger partial charge in [-0.3, -0.25) is 0 Å². The minimum absolute atomic E-state index is 0.306. The van der Waals surface area contributed by atoms with E-state index in [2.05, 4.69) is 38.4 Å². The van der Waals surface area contributed by atoms with Gasteiger partial charge >= 0.3 is 5.97 Å². The predicted molar refractivity (Wildman–Crippen MR) is 114 cm³/mol. The number of carbonyl (C=O) groups is 1. The molecule has 1 aromatic heterocycles. The average Bonchev–Trinajstić information content (AvgIpc) is 2.91. The molecule has 0 aliphatic heterocycles. The Kier molecular flexibility index (Phi) is 5.81. The molecule has 0 aliphatic rings. The van der Waals surface area contributed by atoms with E-state index < -0.39 is 5.97 Å². The van der Waals surface area contributed by atoms with Gasteiger partial charge < -0.3 is 14.3 Å². The number of hydrogen-bond donors (Lipinski definition) is 0. The Morgan fingerprint density at radius 3 is 2.41 bits per heavy atom.